The van der Waals surface area contributed by atoms with Crippen molar-refractivity contribution in [2.45, 2.75) is 26.2 Å². The first-order valence-corrected chi connectivity index (χ1v) is 9.64. The van der Waals surface area contributed by atoms with E-state index in [1.807, 2.05) is 19.1 Å². The van der Waals surface area contributed by atoms with Crippen LogP contribution in [0.15, 0.2) is 36.5 Å². The molecule has 2 amide bonds. The summed E-state index contributed by atoms with van der Waals surface area (Å²) in [5, 5.41) is 3.78. The normalized spacial score (nSPS) is 16.9. The molecule has 1 N–H and O–H groups in total. The Labute approximate surface area is 168 Å². The first kappa shape index (κ1) is 19.6. The average Bonchev–Trinajstić information content (AvgIpc) is 2.66. The van der Waals surface area contributed by atoms with Crippen molar-refractivity contribution in [3.8, 4) is 0 Å². The summed E-state index contributed by atoms with van der Waals surface area (Å²) >= 11 is 11.9. The van der Waals surface area contributed by atoms with Gasteiger partial charge < -0.3 is 10.2 Å². The number of pyridine rings is 1. The standard InChI is InChI=1S/C20H21Cl2N3O2/c1-13-4-2-8-23-19(13)24-20(27)15-5-3-9-25(12-15)18(26)11-14-6-7-16(21)17(22)10-14/h2,4,6-8,10,15H,3,5,9,11-12H2,1H3,(H,23,24,27). The van der Waals surface area contributed by atoms with E-state index in [-0.39, 0.29) is 24.2 Å². The average molecular weight is 406 g/mol. The molecular formula is C20H21Cl2N3O2. The number of carbonyl (C=O) groups is 2. The number of rotatable bonds is 4. The van der Waals surface area contributed by atoms with Crippen LogP contribution in [-0.2, 0) is 16.0 Å². The molecule has 3 rings (SSSR count). The number of aromatic nitrogens is 1. The molecule has 2 aromatic rings. The topological polar surface area (TPSA) is 62.3 Å². The molecule has 1 unspecified atom stereocenters. The number of amides is 2. The van der Waals surface area contributed by atoms with E-state index in [9.17, 15) is 9.59 Å². The summed E-state index contributed by atoms with van der Waals surface area (Å²) in [6.45, 7) is 2.97. The zero-order chi connectivity index (χ0) is 19.4. The number of aryl methyl sites for hydroxylation is 1. The van der Waals surface area contributed by atoms with Crippen molar-refractivity contribution in [3.63, 3.8) is 0 Å². The minimum atomic E-state index is -0.238. The fraction of sp³-hybridized carbons (Fsp3) is 0.350. The molecule has 2 heterocycles. The smallest absolute Gasteiger partial charge is 0.230 e. The first-order chi connectivity index (χ1) is 12.9. The zero-order valence-corrected chi connectivity index (χ0v) is 16.6. The van der Waals surface area contributed by atoms with Gasteiger partial charge in [-0.05, 0) is 49.1 Å². The lowest BCUT2D eigenvalue weighted by molar-refractivity contribution is -0.133. The van der Waals surface area contributed by atoms with Crippen LogP contribution in [0.25, 0.3) is 0 Å². The number of anilines is 1. The summed E-state index contributed by atoms with van der Waals surface area (Å²) in [5.41, 5.74) is 1.72. The van der Waals surface area contributed by atoms with E-state index < -0.39 is 0 Å². The molecule has 1 aromatic heterocycles. The lowest BCUT2D eigenvalue weighted by Gasteiger charge is -2.32. The molecule has 1 fully saturated rings. The Kier molecular flexibility index (Phi) is 6.34. The van der Waals surface area contributed by atoms with Crippen LogP contribution in [0.1, 0.15) is 24.0 Å². The van der Waals surface area contributed by atoms with Crippen molar-refractivity contribution in [3.05, 3.63) is 57.7 Å². The maximum Gasteiger partial charge on any atom is 0.230 e. The van der Waals surface area contributed by atoms with Gasteiger partial charge >= 0.3 is 0 Å². The predicted molar refractivity (Wildman–Crippen MR) is 107 cm³/mol. The number of nitrogens with one attached hydrogen (secondary N) is 1. The molecule has 142 valence electrons. The fourth-order valence-electron chi connectivity index (χ4n) is 3.19. The SMILES string of the molecule is Cc1cccnc1NC(=O)C1CCCN(C(=O)Cc2ccc(Cl)c(Cl)c2)C1. The third-order valence-electron chi connectivity index (χ3n) is 4.74. The van der Waals surface area contributed by atoms with Crippen LogP contribution in [0, 0.1) is 12.8 Å². The van der Waals surface area contributed by atoms with Crippen molar-refractivity contribution < 1.29 is 9.59 Å². The Morgan fingerprint density at radius 2 is 2.07 bits per heavy atom. The number of benzene rings is 1. The van der Waals surface area contributed by atoms with E-state index in [0.717, 1.165) is 24.0 Å². The van der Waals surface area contributed by atoms with Gasteiger partial charge in [-0.1, -0.05) is 35.3 Å². The Hall–Kier alpha value is -2.11. The van der Waals surface area contributed by atoms with Crippen LogP contribution in [-0.4, -0.2) is 34.8 Å². The number of halogens is 2. The van der Waals surface area contributed by atoms with Gasteiger partial charge in [-0.25, -0.2) is 4.98 Å². The van der Waals surface area contributed by atoms with E-state index in [1.165, 1.54) is 0 Å². The molecule has 0 radical (unpaired) electrons. The van der Waals surface area contributed by atoms with E-state index in [1.54, 1.807) is 29.3 Å². The summed E-state index contributed by atoms with van der Waals surface area (Å²) in [6.07, 6.45) is 3.45. The van der Waals surface area contributed by atoms with Crippen LogP contribution in [0.3, 0.4) is 0 Å². The van der Waals surface area contributed by atoms with Crippen LogP contribution < -0.4 is 5.32 Å². The highest BCUT2D eigenvalue weighted by Gasteiger charge is 2.28. The van der Waals surface area contributed by atoms with Crippen LogP contribution in [0.4, 0.5) is 5.82 Å². The van der Waals surface area contributed by atoms with Crippen LogP contribution in [0.2, 0.25) is 10.0 Å². The van der Waals surface area contributed by atoms with Gasteiger partial charge in [0.2, 0.25) is 11.8 Å². The molecule has 0 bridgehead atoms. The van der Waals surface area contributed by atoms with Crippen molar-refractivity contribution in [1.82, 2.24) is 9.88 Å². The number of carbonyl (C=O) groups excluding carboxylic acids is 2. The second kappa shape index (κ2) is 8.72. The minimum Gasteiger partial charge on any atom is -0.342 e. The van der Waals surface area contributed by atoms with Gasteiger partial charge in [0.05, 0.1) is 22.4 Å². The van der Waals surface area contributed by atoms with Gasteiger partial charge in [-0.3, -0.25) is 9.59 Å². The van der Waals surface area contributed by atoms with Gasteiger partial charge in [0, 0.05) is 19.3 Å². The van der Waals surface area contributed by atoms with Crippen molar-refractivity contribution in [1.29, 1.82) is 0 Å². The highest BCUT2D eigenvalue weighted by molar-refractivity contribution is 6.42. The number of likely N-dealkylation sites (tertiary alicyclic amines) is 1. The highest BCUT2D eigenvalue weighted by atomic mass is 35.5. The molecule has 7 heteroatoms. The van der Waals surface area contributed by atoms with Crippen molar-refractivity contribution in [2.75, 3.05) is 18.4 Å². The molecular weight excluding hydrogens is 385 g/mol. The Morgan fingerprint density at radius 1 is 1.26 bits per heavy atom. The monoisotopic (exact) mass is 405 g/mol. The molecule has 0 spiro atoms. The number of hydrogen-bond donors (Lipinski definition) is 1. The maximum atomic E-state index is 12.7. The lowest BCUT2D eigenvalue weighted by Crippen LogP contribution is -2.44. The zero-order valence-electron chi connectivity index (χ0n) is 15.0. The fourth-order valence-corrected chi connectivity index (χ4v) is 3.51. The second-order valence-electron chi connectivity index (χ2n) is 6.76. The second-order valence-corrected chi connectivity index (χ2v) is 7.58. The third-order valence-corrected chi connectivity index (χ3v) is 5.47. The van der Waals surface area contributed by atoms with E-state index in [0.29, 0.717) is 29.0 Å². The summed E-state index contributed by atoms with van der Waals surface area (Å²) in [4.78, 5) is 31.2. The van der Waals surface area contributed by atoms with E-state index in [2.05, 4.69) is 10.3 Å². The molecule has 1 aromatic carbocycles. The molecule has 5 nitrogen and oxygen atoms in total. The first-order valence-electron chi connectivity index (χ1n) is 8.88. The minimum absolute atomic E-state index is 0.0140. The van der Waals surface area contributed by atoms with Gasteiger partial charge in [0.1, 0.15) is 5.82 Å². The van der Waals surface area contributed by atoms with Gasteiger partial charge in [0.25, 0.3) is 0 Å². The Balaban J connectivity index is 1.61. The van der Waals surface area contributed by atoms with Crippen LogP contribution >= 0.6 is 23.2 Å². The molecule has 1 aliphatic rings. The van der Waals surface area contributed by atoms with Gasteiger partial charge in [0.15, 0.2) is 0 Å². The maximum absolute atomic E-state index is 12.7. The molecule has 1 saturated heterocycles. The summed E-state index contributed by atoms with van der Waals surface area (Å²) < 4.78 is 0. The predicted octanol–water partition coefficient (Wildman–Crippen LogP) is 4.12. The molecule has 27 heavy (non-hydrogen) atoms. The van der Waals surface area contributed by atoms with Gasteiger partial charge in [-0.2, -0.15) is 0 Å². The molecule has 0 saturated carbocycles. The number of hydrogen-bond acceptors (Lipinski definition) is 3. The quantitative estimate of drug-likeness (QED) is 0.831. The van der Waals surface area contributed by atoms with Gasteiger partial charge in [-0.15, -0.1) is 0 Å². The van der Waals surface area contributed by atoms with Crippen molar-refractivity contribution in [2.24, 2.45) is 5.92 Å². The molecule has 0 aliphatic carbocycles. The molecule has 1 aliphatic heterocycles. The molecule has 1 atom stereocenters. The van der Waals surface area contributed by atoms with Crippen LogP contribution in [0.5, 0.6) is 0 Å². The summed E-state index contributed by atoms with van der Waals surface area (Å²) in [5.74, 6) is 0.225. The highest BCUT2D eigenvalue weighted by Crippen LogP contribution is 2.24. The summed E-state index contributed by atoms with van der Waals surface area (Å²) in [7, 11) is 0. The van der Waals surface area contributed by atoms with Crippen molar-refractivity contribution >= 4 is 40.8 Å². The lowest BCUT2D eigenvalue weighted by atomic mass is 9.96. The Bertz CT molecular complexity index is 857. The number of piperidine rings is 1. The largest absolute Gasteiger partial charge is 0.342 e. The summed E-state index contributed by atoms with van der Waals surface area (Å²) in [6, 6.07) is 8.92. The number of nitrogens with zero attached hydrogens (tertiary/aromatic N) is 2. The Morgan fingerprint density at radius 3 is 2.81 bits per heavy atom. The van der Waals surface area contributed by atoms with E-state index in [4.69, 9.17) is 23.2 Å². The third kappa shape index (κ3) is 4.99. The van der Waals surface area contributed by atoms with E-state index >= 15 is 0 Å².